The zero-order valence-corrected chi connectivity index (χ0v) is 17.2. The monoisotopic (exact) mass is 378 g/mol. The summed E-state index contributed by atoms with van der Waals surface area (Å²) in [7, 11) is 1.60. The van der Waals surface area contributed by atoms with E-state index in [1.54, 1.807) is 7.05 Å². The van der Waals surface area contributed by atoms with Crippen molar-refractivity contribution in [1.82, 2.24) is 9.78 Å². The van der Waals surface area contributed by atoms with Crippen LogP contribution in [0.15, 0.2) is 29.1 Å². The van der Waals surface area contributed by atoms with Crippen molar-refractivity contribution in [2.75, 3.05) is 0 Å². The number of aryl methyl sites for hydroxylation is 3. The molecule has 0 atom stereocenters. The van der Waals surface area contributed by atoms with Crippen molar-refractivity contribution in [1.29, 1.82) is 0 Å². The Kier molecular flexibility index (Phi) is 11.3. The second-order valence-corrected chi connectivity index (χ2v) is 4.27. The number of aromatic hydroxyl groups is 1. The van der Waals surface area contributed by atoms with Crippen LogP contribution in [0.25, 0.3) is 11.1 Å². The molecule has 1 N–H and O–H groups in total. The van der Waals surface area contributed by atoms with Gasteiger partial charge in [0.25, 0.3) is 5.56 Å². The Bertz CT molecular complexity index is 652. The number of rotatable bonds is 2. The van der Waals surface area contributed by atoms with Crippen LogP contribution in [0.5, 0.6) is 5.75 Å². The molecular weight excluding hydrogens is 353 g/mol. The number of hydrogen-bond acceptors (Lipinski definition) is 3. The van der Waals surface area contributed by atoms with Crippen molar-refractivity contribution in [3.63, 3.8) is 0 Å². The number of aromatic nitrogens is 2. The van der Waals surface area contributed by atoms with Gasteiger partial charge in [-0.3, -0.25) is 4.79 Å². The maximum atomic E-state index is 12.2. The van der Waals surface area contributed by atoms with E-state index < -0.39 is 0 Å². The zero-order valence-electron chi connectivity index (χ0n) is 14.3. The predicted molar refractivity (Wildman–Crippen MR) is 88.5 cm³/mol. The molecule has 0 bridgehead atoms. The molecule has 0 spiro atoms. The van der Waals surface area contributed by atoms with Crippen molar-refractivity contribution < 1.29 is 37.8 Å². The Balaban J connectivity index is 0. The molecule has 0 amide bonds. The average Bonchev–Trinajstić information content (AvgIpc) is 2.47. The molecule has 0 aliphatic rings. The molecule has 0 saturated carbocycles. The van der Waals surface area contributed by atoms with Gasteiger partial charge in [-0.05, 0) is 24.5 Å². The summed E-state index contributed by atoms with van der Waals surface area (Å²) in [4.78, 5) is 12.2. The maximum Gasteiger partial charge on any atom is 0.278 e. The van der Waals surface area contributed by atoms with Gasteiger partial charge >= 0.3 is 0 Å². The van der Waals surface area contributed by atoms with Gasteiger partial charge in [0.15, 0.2) is 5.75 Å². The standard InChI is InChI=1S/C14H16N2O2.C2H6.CH3.Y/c1-4-11-13(17)12(14(18)16(3)15-11)10-8-6-5-7-9(10)2;1-2;;/h5-8,17H,4H2,1-3H3;1-2H3;1H3;/q;;-1;. The minimum atomic E-state index is -0.279. The van der Waals surface area contributed by atoms with Gasteiger partial charge in [-0.25, -0.2) is 4.68 Å². The normalized spacial score (nSPS) is 8.95. The van der Waals surface area contributed by atoms with Crippen LogP contribution >= 0.6 is 0 Å². The molecule has 1 radical (unpaired) electrons. The van der Waals surface area contributed by atoms with Crippen LogP contribution < -0.4 is 5.56 Å². The van der Waals surface area contributed by atoms with Crippen LogP contribution in [-0.4, -0.2) is 14.9 Å². The smallest absolute Gasteiger partial charge is 0.278 e. The molecule has 4 nitrogen and oxygen atoms in total. The summed E-state index contributed by atoms with van der Waals surface area (Å²) in [6, 6.07) is 7.51. The van der Waals surface area contributed by atoms with Crippen LogP contribution in [0.1, 0.15) is 32.0 Å². The van der Waals surface area contributed by atoms with Gasteiger partial charge in [-0.15, -0.1) is 0 Å². The van der Waals surface area contributed by atoms with Crippen molar-refractivity contribution in [3.8, 4) is 16.9 Å². The first-order valence-electron chi connectivity index (χ1n) is 6.91. The van der Waals surface area contributed by atoms with E-state index in [-0.39, 0.29) is 51.4 Å². The molecular formula is C17H25N2O2Y-. The molecule has 1 heterocycles. The van der Waals surface area contributed by atoms with E-state index in [0.29, 0.717) is 17.7 Å². The molecule has 5 heteroatoms. The Morgan fingerprint density at radius 2 is 1.77 bits per heavy atom. The Morgan fingerprint density at radius 3 is 2.27 bits per heavy atom. The van der Waals surface area contributed by atoms with E-state index in [1.165, 1.54) is 4.68 Å². The molecule has 2 aromatic rings. The first-order valence-corrected chi connectivity index (χ1v) is 6.91. The fourth-order valence-corrected chi connectivity index (χ4v) is 2.02. The Morgan fingerprint density at radius 1 is 1.23 bits per heavy atom. The summed E-state index contributed by atoms with van der Waals surface area (Å²) in [6.45, 7) is 7.81. The van der Waals surface area contributed by atoms with Crippen molar-refractivity contribution >= 4 is 0 Å². The third kappa shape index (κ3) is 4.75. The zero-order chi connectivity index (χ0) is 15.3. The molecule has 22 heavy (non-hydrogen) atoms. The summed E-state index contributed by atoms with van der Waals surface area (Å²) in [5.74, 6) is -0.00472. The van der Waals surface area contributed by atoms with Gasteiger partial charge in [-0.1, -0.05) is 45.0 Å². The molecule has 0 aliphatic carbocycles. The van der Waals surface area contributed by atoms with Crippen LogP contribution in [0.4, 0.5) is 0 Å². The van der Waals surface area contributed by atoms with E-state index in [2.05, 4.69) is 5.10 Å². The quantitative estimate of drug-likeness (QED) is 0.814. The molecule has 1 aromatic carbocycles. The van der Waals surface area contributed by atoms with E-state index in [1.807, 2.05) is 52.0 Å². The van der Waals surface area contributed by atoms with Crippen molar-refractivity contribution in [3.05, 3.63) is 53.3 Å². The first kappa shape index (κ1) is 23.3. The first-order chi connectivity index (χ1) is 9.56. The number of hydrogen-bond donors (Lipinski definition) is 1. The summed E-state index contributed by atoms with van der Waals surface area (Å²) in [5.41, 5.74) is 2.31. The molecule has 0 unspecified atom stereocenters. The number of nitrogens with zero attached hydrogens (tertiary/aromatic N) is 2. The van der Waals surface area contributed by atoms with Crippen molar-refractivity contribution in [2.24, 2.45) is 7.05 Å². The molecule has 0 saturated heterocycles. The second kappa shape index (κ2) is 10.7. The van der Waals surface area contributed by atoms with Gasteiger partial charge in [0.1, 0.15) is 5.69 Å². The summed E-state index contributed by atoms with van der Waals surface area (Å²) in [5, 5.41) is 14.3. The van der Waals surface area contributed by atoms with Gasteiger partial charge in [-0.2, -0.15) is 5.10 Å². The fraction of sp³-hybridized carbons (Fsp3) is 0.353. The van der Waals surface area contributed by atoms with Gasteiger partial charge in [0.05, 0.1) is 5.56 Å². The molecule has 0 aliphatic heterocycles. The summed E-state index contributed by atoms with van der Waals surface area (Å²) in [6.07, 6.45) is 0.582. The average molecular weight is 378 g/mol. The van der Waals surface area contributed by atoms with Crippen LogP contribution in [0.3, 0.4) is 0 Å². The van der Waals surface area contributed by atoms with E-state index >= 15 is 0 Å². The third-order valence-electron chi connectivity index (χ3n) is 3.04. The van der Waals surface area contributed by atoms with Crippen molar-refractivity contribution in [2.45, 2.75) is 34.1 Å². The van der Waals surface area contributed by atoms with Crippen LogP contribution in [0, 0.1) is 14.4 Å². The maximum absolute atomic E-state index is 12.2. The van der Waals surface area contributed by atoms with Gasteiger partial charge in [0.2, 0.25) is 0 Å². The predicted octanol–water partition coefficient (Wildman–Crippen LogP) is 3.50. The SMILES string of the molecule is CC.CCc1nn(C)c(=O)c(-c2ccccc2C)c1O.[CH3-].[Y]. The van der Waals surface area contributed by atoms with Gasteiger partial charge < -0.3 is 12.5 Å². The fourth-order valence-electron chi connectivity index (χ4n) is 2.02. The summed E-state index contributed by atoms with van der Waals surface area (Å²) >= 11 is 0. The van der Waals surface area contributed by atoms with E-state index in [0.717, 1.165) is 11.1 Å². The second-order valence-electron chi connectivity index (χ2n) is 4.27. The third-order valence-corrected chi connectivity index (χ3v) is 3.04. The topological polar surface area (TPSA) is 55.1 Å². The minimum absolute atomic E-state index is 0. The number of benzene rings is 1. The Labute approximate surface area is 158 Å². The molecule has 2 rings (SSSR count). The summed E-state index contributed by atoms with van der Waals surface area (Å²) < 4.78 is 1.28. The van der Waals surface area contributed by atoms with Crippen LogP contribution in [-0.2, 0) is 46.2 Å². The molecule has 0 fully saturated rings. The van der Waals surface area contributed by atoms with E-state index in [4.69, 9.17) is 0 Å². The van der Waals surface area contributed by atoms with Crippen LogP contribution in [0.2, 0.25) is 0 Å². The Hall–Kier alpha value is -0.996. The molecule has 1 aromatic heterocycles. The van der Waals surface area contributed by atoms with E-state index in [9.17, 15) is 9.90 Å². The van der Waals surface area contributed by atoms with Gasteiger partial charge in [0, 0.05) is 39.8 Å². The largest absolute Gasteiger partial charge is 0.505 e. The molecule has 119 valence electrons. The minimum Gasteiger partial charge on any atom is -0.505 e.